The Morgan fingerprint density at radius 2 is 1.79 bits per heavy atom. The zero-order valence-electron chi connectivity index (χ0n) is 16.5. The largest absolute Gasteiger partial charge is 0.573 e. The van der Waals surface area contributed by atoms with Crippen LogP contribution >= 0.6 is 0 Å². The Labute approximate surface area is 167 Å². The van der Waals surface area contributed by atoms with E-state index in [1.165, 1.54) is 12.1 Å². The predicted octanol–water partition coefficient (Wildman–Crippen LogP) is 3.18. The summed E-state index contributed by atoms with van der Waals surface area (Å²) in [6.45, 7) is 6.81. The molecule has 154 valence electrons. The van der Waals surface area contributed by atoms with E-state index in [1.807, 2.05) is 14.0 Å². The Kier molecular flexibility index (Phi) is 6.13. The van der Waals surface area contributed by atoms with Crippen LogP contribution < -0.4 is 19.9 Å². The standard InChI is InChI=1S/C20H22F3N5O/c1-4-11-27(3)18-14(2)17(25-19(26-18)28-12-9-24-10-13-28)15-5-7-16(8-6-15)29-20(21,22)23/h5-8,24H,9-10,12-13H2,1-3H3. The second kappa shape index (κ2) is 8.57. The van der Waals surface area contributed by atoms with Crippen LogP contribution in [0.25, 0.3) is 11.3 Å². The van der Waals surface area contributed by atoms with Crippen molar-refractivity contribution in [3.8, 4) is 29.0 Å². The summed E-state index contributed by atoms with van der Waals surface area (Å²) in [5.41, 5.74) is 2.11. The Morgan fingerprint density at radius 1 is 1.14 bits per heavy atom. The number of anilines is 2. The number of nitrogens with zero attached hydrogens (tertiary/aromatic N) is 4. The maximum atomic E-state index is 12.4. The van der Waals surface area contributed by atoms with Crippen LogP contribution in [0.2, 0.25) is 0 Å². The Bertz CT molecular complexity index is 913. The van der Waals surface area contributed by atoms with Crippen molar-refractivity contribution in [3.63, 3.8) is 0 Å². The summed E-state index contributed by atoms with van der Waals surface area (Å²) in [6, 6.07) is 8.65. The number of halogens is 3. The van der Waals surface area contributed by atoms with Crippen LogP contribution in [0.5, 0.6) is 5.75 Å². The molecule has 1 aromatic heterocycles. The molecule has 0 radical (unpaired) electrons. The highest BCUT2D eigenvalue weighted by Crippen LogP contribution is 2.32. The summed E-state index contributed by atoms with van der Waals surface area (Å²) >= 11 is 0. The van der Waals surface area contributed by atoms with Crippen LogP contribution in [0.3, 0.4) is 0 Å². The van der Waals surface area contributed by atoms with Gasteiger partial charge in [0.2, 0.25) is 5.95 Å². The first-order valence-electron chi connectivity index (χ1n) is 9.15. The Hall–Kier alpha value is -2.99. The molecule has 0 amide bonds. The van der Waals surface area contributed by atoms with E-state index in [4.69, 9.17) is 9.97 Å². The van der Waals surface area contributed by atoms with Crippen molar-refractivity contribution in [1.82, 2.24) is 15.3 Å². The van der Waals surface area contributed by atoms with Crippen LogP contribution in [0.15, 0.2) is 24.3 Å². The molecule has 0 spiro atoms. The molecule has 2 heterocycles. The van der Waals surface area contributed by atoms with Crippen molar-refractivity contribution >= 4 is 11.8 Å². The highest BCUT2D eigenvalue weighted by atomic mass is 19.4. The predicted molar refractivity (Wildman–Crippen MR) is 106 cm³/mol. The molecule has 0 bridgehead atoms. The Morgan fingerprint density at radius 3 is 2.38 bits per heavy atom. The highest BCUT2D eigenvalue weighted by Gasteiger charge is 2.31. The molecule has 1 N–H and O–H groups in total. The van der Waals surface area contributed by atoms with Gasteiger partial charge in [0.15, 0.2) is 0 Å². The fourth-order valence-electron chi connectivity index (χ4n) is 3.14. The third-order valence-corrected chi connectivity index (χ3v) is 4.47. The normalized spacial score (nSPS) is 14.2. The highest BCUT2D eigenvalue weighted by molar-refractivity contribution is 5.71. The number of rotatable bonds is 4. The van der Waals surface area contributed by atoms with Gasteiger partial charge in [-0.2, -0.15) is 4.98 Å². The summed E-state index contributed by atoms with van der Waals surface area (Å²) in [5.74, 6) is 3.81. The molecule has 0 unspecified atom stereocenters. The monoisotopic (exact) mass is 405 g/mol. The lowest BCUT2D eigenvalue weighted by atomic mass is 10.1. The first-order valence-corrected chi connectivity index (χ1v) is 9.15. The van der Waals surface area contributed by atoms with Crippen LogP contribution in [0.4, 0.5) is 24.9 Å². The molecule has 29 heavy (non-hydrogen) atoms. The average Bonchev–Trinajstić information content (AvgIpc) is 2.68. The molecule has 3 rings (SSSR count). The van der Waals surface area contributed by atoms with Crippen LogP contribution in [-0.2, 0) is 0 Å². The van der Waals surface area contributed by atoms with Crippen LogP contribution in [0.1, 0.15) is 12.5 Å². The summed E-state index contributed by atoms with van der Waals surface area (Å²) in [5, 5.41) is 3.29. The van der Waals surface area contributed by atoms with E-state index in [0.29, 0.717) is 23.0 Å². The first kappa shape index (κ1) is 20.7. The minimum Gasteiger partial charge on any atom is -0.406 e. The fraction of sp³-hybridized carbons (Fsp3) is 0.400. The number of nitrogens with one attached hydrogen (secondary N) is 1. The van der Waals surface area contributed by atoms with Gasteiger partial charge in [-0.25, -0.2) is 4.98 Å². The second-order valence-corrected chi connectivity index (χ2v) is 6.55. The molecule has 1 aliphatic heterocycles. The number of alkyl halides is 3. The maximum Gasteiger partial charge on any atom is 0.573 e. The number of benzene rings is 1. The molecule has 6 nitrogen and oxygen atoms in total. The van der Waals surface area contributed by atoms with Gasteiger partial charge in [0, 0.05) is 50.4 Å². The molecule has 2 aromatic rings. The SMILES string of the molecule is CC#CN(C)c1nc(N2CCNCC2)nc(-c2ccc(OC(F)(F)F)cc2)c1C. The van der Waals surface area contributed by atoms with Gasteiger partial charge in [-0.15, -0.1) is 13.2 Å². The molecule has 1 aromatic carbocycles. The van der Waals surface area contributed by atoms with Crippen molar-refractivity contribution in [2.45, 2.75) is 20.2 Å². The summed E-state index contributed by atoms with van der Waals surface area (Å²) in [4.78, 5) is 13.2. The lowest BCUT2D eigenvalue weighted by molar-refractivity contribution is -0.274. The molecule has 1 aliphatic rings. The zero-order valence-corrected chi connectivity index (χ0v) is 16.5. The number of hydrogen-bond donors (Lipinski definition) is 1. The topological polar surface area (TPSA) is 53.5 Å². The van der Waals surface area contributed by atoms with Crippen LogP contribution in [0, 0.1) is 18.9 Å². The van der Waals surface area contributed by atoms with Crippen LogP contribution in [-0.4, -0.2) is 49.6 Å². The van der Waals surface area contributed by atoms with Crippen molar-refractivity contribution in [2.24, 2.45) is 0 Å². The van der Waals surface area contributed by atoms with Crippen molar-refractivity contribution < 1.29 is 17.9 Å². The fourth-order valence-corrected chi connectivity index (χ4v) is 3.14. The lowest BCUT2D eigenvalue weighted by Gasteiger charge is -2.29. The van der Waals surface area contributed by atoms with E-state index in [1.54, 1.807) is 24.0 Å². The molecular weight excluding hydrogens is 383 g/mol. The van der Waals surface area contributed by atoms with Crippen molar-refractivity contribution in [1.29, 1.82) is 0 Å². The van der Waals surface area contributed by atoms with Gasteiger partial charge in [0.05, 0.1) is 5.69 Å². The maximum absolute atomic E-state index is 12.4. The number of hydrogen-bond acceptors (Lipinski definition) is 6. The van der Waals surface area contributed by atoms with Gasteiger partial charge in [0.1, 0.15) is 11.6 Å². The molecule has 0 atom stereocenters. The smallest absolute Gasteiger partial charge is 0.406 e. The third kappa shape index (κ3) is 5.09. The van der Waals surface area contributed by atoms with E-state index >= 15 is 0 Å². The first-order chi connectivity index (χ1) is 13.8. The van der Waals surface area contributed by atoms with E-state index in [9.17, 15) is 13.2 Å². The van der Waals surface area contributed by atoms with Gasteiger partial charge in [-0.3, -0.25) is 4.90 Å². The molecule has 0 saturated carbocycles. The van der Waals surface area contributed by atoms with E-state index < -0.39 is 6.36 Å². The lowest BCUT2D eigenvalue weighted by Crippen LogP contribution is -2.44. The average molecular weight is 405 g/mol. The van der Waals surface area contributed by atoms with Gasteiger partial charge in [-0.05, 0) is 38.1 Å². The molecule has 9 heteroatoms. The van der Waals surface area contributed by atoms with Gasteiger partial charge >= 0.3 is 6.36 Å². The number of ether oxygens (including phenoxy) is 1. The number of aromatic nitrogens is 2. The third-order valence-electron chi connectivity index (χ3n) is 4.47. The Balaban J connectivity index is 2.03. The molecular formula is C20H22F3N5O. The van der Waals surface area contributed by atoms with E-state index in [0.717, 1.165) is 31.7 Å². The summed E-state index contributed by atoms with van der Waals surface area (Å²) < 4.78 is 41.3. The second-order valence-electron chi connectivity index (χ2n) is 6.55. The van der Waals surface area contributed by atoms with Crippen molar-refractivity contribution in [3.05, 3.63) is 29.8 Å². The summed E-state index contributed by atoms with van der Waals surface area (Å²) in [6.07, 6.45) is -4.73. The minimum atomic E-state index is -4.73. The number of piperazine rings is 1. The summed E-state index contributed by atoms with van der Waals surface area (Å²) in [7, 11) is 1.82. The van der Waals surface area contributed by atoms with E-state index in [2.05, 4.69) is 26.9 Å². The molecule has 1 saturated heterocycles. The molecule has 1 fully saturated rings. The van der Waals surface area contributed by atoms with Gasteiger partial charge in [-0.1, -0.05) is 5.92 Å². The molecule has 0 aliphatic carbocycles. The van der Waals surface area contributed by atoms with Crippen molar-refractivity contribution in [2.75, 3.05) is 43.0 Å². The zero-order chi connectivity index (χ0) is 21.0. The van der Waals surface area contributed by atoms with E-state index in [-0.39, 0.29) is 5.75 Å². The van der Waals surface area contributed by atoms with Gasteiger partial charge < -0.3 is 15.0 Å². The minimum absolute atomic E-state index is 0.274. The van der Waals surface area contributed by atoms with Gasteiger partial charge in [0.25, 0.3) is 0 Å². The quantitative estimate of drug-likeness (QED) is 0.623.